The van der Waals surface area contributed by atoms with Crippen LogP contribution in [-0.2, 0) is 6.61 Å². The molecular formula is C25H23N3O3. The van der Waals surface area contributed by atoms with Crippen LogP contribution in [0, 0.1) is 0 Å². The van der Waals surface area contributed by atoms with Gasteiger partial charge >= 0.3 is 0 Å². The zero-order valence-corrected chi connectivity index (χ0v) is 17.4. The van der Waals surface area contributed by atoms with Gasteiger partial charge in [0, 0.05) is 22.7 Å². The molecule has 0 spiro atoms. The SMILES string of the molecule is COc1cc(/C(C)=N/NC(=O)c2c[nH]c3ccccc23)ccc1OCc1ccccc1. The standard InChI is InChI=1S/C25H23N3O3/c1-17(27-28-25(29)21-15-26-22-11-7-6-10-20(21)22)19-12-13-23(24(14-19)30-2)31-16-18-8-4-3-5-9-18/h3-15,26H,16H2,1-2H3,(H,28,29)/b27-17+. The highest BCUT2D eigenvalue weighted by atomic mass is 16.5. The molecule has 156 valence electrons. The summed E-state index contributed by atoms with van der Waals surface area (Å²) in [6.45, 7) is 2.28. The van der Waals surface area contributed by atoms with Crippen molar-refractivity contribution in [1.29, 1.82) is 0 Å². The number of ether oxygens (including phenoxy) is 2. The number of hydrazone groups is 1. The highest BCUT2D eigenvalue weighted by Crippen LogP contribution is 2.29. The van der Waals surface area contributed by atoms with Crippen molar-refractivity contribution in [2.24, 2.45) is 5.10 Å². The summed E-state index contributed by atoms with van der Waals surface area (Å²) in [5, 5.41) is 5.12. The van der Waals surface area contributed by atoms with Crippen molar-refractivity contribution in [2.75, 3.05) is 7.11 Å². The number of para-hydroxylation sites is 1. The maximum Gasteiger partial charge on any atom is 0.273 e. The molecule has 0 saturated heterocycles. The van der Waals surface area contributed by atoms with E-state index < -0.39 is 0 Å². The third-order valence-corrected chi connectivity index (χ3v) is 4.98. The highest BCUT2D eigenvalue weighted by Gasteiger charge is 2.12. The molecule has 4 rings (SSSR count). The number of carbonyl (C=O) groups is 1. The van der Waals surface area contributed by atoms with Crippen LogP contribution in [0.15, 0.2) is 84.1 Å². The Morgan fingerprint density at radius 3 is 2.58 bits per heavy atom. The molecule has 0 radical (unpaired) electrons. The van der Waals surface area contributed by atoms with Gasteiger partial charge < -0.3 is 14.5 Å². The third-order valence-electron chi connectivity index (χ3n) is 4.98. The summed E-state index contributed by atoms with van der Waals surface area (Å²) in [7, 11) is 1.60. The molecule has 1 amide bonds. The third kappa shape index (κ3) is 4.59. The summed E-state index contributed by atoms with van der Waals surface area (Å²) in [6, 6.07) is 23.2. The van der Waals surface area contributed by atoms with E-state index in [0.29, 0.717) is 29.4 Å². The van der Waals surface area contributed by atoms with Gasteiger partial charge in [-0.05, 0) is 36.8 Å². The van der Waals surface area contributed by atoms with Crippen LogP contribution in [-0.4, -0.2) is 23.7 Å². The fourth-order valence-corrected chi connectivity index (χ4v) is 3.27. The average Bonchev–Trinajstić information content (AvgIpc) is 3.26. The number of fused-ring (bicyclic) bond motifs is 1. The fourth-order valence-electron chi connectivity index (χ4n) is 3.27. The summed E-state index contributed by atoms with van der Waals surface area (Å²) in [6.07, 6.45) is 1.69. The summed E-state index contributed by atoms with van der Waals surface area (Å²) in [5.41, 5.74) is 6.64. The Morgan fingerprint density at radius 1 is 1.00 bits per heavy atom. The van der Waals surface area contributed by atoms with Crippen molar-refractivity contribution in [3.8, 4) is 11.5 Å². The number of carbonyl (C=O) groups excluding carboxylic acids is 1. The van der Waals surface area contributed by atoms with Crippen LogP contribution in [0.2, 0.25) is 0 Å². The summed E-state index contributed by atoms with van der Waals surface area (Å²) in [5.74, 6) is 0.975. The minimum Gasteiger partial charge on any atom is -0.493 e. The van der Waals surface area contributed by atoms with Gasteiger partial charge in [-0.3, -0.25) is 4.79 Å². The Labute approximate surface area is 180 Å². The lowest BCUT2D eigenvalue weighted by Crippen LogP contribution is -2.19. The smallest absolute Gasteiger partial charge is 0.273 e. The molecule has 1 aromatic heterocycles. The number of aromatic nitrogens is 1. The van der Waals surface area contributed by atoms with Crippen LogP contribution in [0.25, 0.3) is 10.9 Å². The van der Waals surface area contributed by atoms with Gasteiger partial charge in [-0.15, -0.1) is 0 Å². The van der Waals surface area contributed by atoms with Gasteiger partial charge in [-0.1, -0.05) is 48.5 Å². The monoisotopic (exact) mass is 413 g/mol. The predicted octanol–water partition coefficient (Wildman–Crippen LogP) is 4.91. The number of rotatable bonds is 7. The maximum atomic E-state index is 12.6. The van der Waals surface area contributed by atoms with E-state index in [9.17, 15) is 4.79 Å². The lowest BCUT2D eigenvalue weighted by atomic mass is 10.1. The molecule has 31 heavy (non-hydrogen) atoms. The molecule has 3 aromatic carbocycles. The summed E-state index contributed by atoms with van der Waals surface area (Å²) in [4.78, 5) is 15.7. The van der Waals surface area contributed by atoms with Gasteiger partial charge in [-0.2, -0.15) is 5.10 Å². The number of nitrogens with zero attached hydrogens (tertiary/aromatic N) is 1. The van der Waals surface area contributed by atoms with E-state index in [1.807, 2.05) is 79.7 Å². The van der Waals surface area contributed by atoms with E-state index >= 15 is 0 Å². The molecule has 0 aliphatic rings. The lowest BCUT2D eigenvalue weighted by molar-refractivity contribution is 0.0956. The number of methoxy groups -OCH3 is 1. The molecule has 2 N–H and O–H groups in total. The largest absolute Gasteiger partial charge is 0.493 e. The minimum absolute atomic E-state index is 0.272. The van der Waals surface area contributed by atoms with E-state index in [1.165, 1.54) is 0 Å². The predicted molar refractivity (Wildman–Crippen MR) is 122 cm³/mol. The van der Waals surface area contributed by atoms with E-state index in [2.05, 4.69) is 15.5 Å². The first-order valence-electron chi connectivity index (χ1n) is 9.91. The zero-order chi connectivity index (χ0) is 21.6. The van der Waals surface area contributed by atoms with Crippen LogP contribution >= 0.6 is 0 Å². The number of nitrogens with one attached hydrogen (secondary N) is 2. The number of benzene rings is 3. The van der Waals surface area contributed by atoms with Crippen LogP contribution in [0.1, 0.15) is 28.4 Å². The second-order valence-electron chi connectivity index (χ2n) is 7.03. The van der Waals surface area contributed by atoms with Crippen LogP contribution in [0.3, 0.4) is 0 Å². The van der Waals surface area contributed by atoms with Crippen LogP contribution in [0.5, 0.6) is 11.5 Å². The Kier molecular flexibility index (Phi) is 5.98. The first kappa shape index (κ1) is 20.2. The van der Waals surface area contributed by atoms with Gasteiger partial charge in [0.15, 0.2) is 11.5 Å². The summed E-state index contributed by atoms with van der Waals surface area (Å²) < 4.78 is 11.4. The molecule has 0 aliphatic carbocycles. The second kappa shape index (κ2) is 9.17. The van der Waals surface area contributed by atoms with Crippen LogP contribution in [0.4, 0.5) is 0 Å². The Morgan fingerprint density at radius 2 is 1.77 bits per heavy atom. The second-order valence-corrected chi connectivity index (χ2v) is 7.03. The van der Waals surface area contributed by atoms with E-state index in [0.717, 1.165) is 22.0 Å². The first-order chi connectivity index (χ1) is 15.2. The first-order valence-corrected chi connectivity index (χ1v) is 9.91. The molecule has 0 unspecified atom stereocenters. The number of hydrogen-bond donors (Lipinski definition) is 2. The molecule has 0 aliphatic heterocycles. The van der Waals surface area contributed by atoms with E-state index in [4.69, 9.17) is 9.47 Å². The van der Waals surface area contributed by atoms with Gasteiger partial charge in [-0.25, -0.2) is 5.43 Å². The minimum atomic E-state index is -0.272. The quantitative estimate of drug-likeness (QED) is 0.334. The number of aromatic amines is 1. The van der Waals surface area contributed by atoms with Crippen molar-refractivity contribution in [1.82, 2.24) is 10.4 Å². The van der Waals surface area contributed by atoms with Crippen molar-refractivity contribution in [3.63, 3.8) is 0 Å². The summed E-state index contributed by atoms with van der Waals surface area (Å²) >= 11 is 0. The molecule has 6 heteroatoms. The molecule has 0 saturated carbocycles. The molecular weight excluding hydrogens is 390 g/mol. The zero-order valence-electron chi connectivity index (χ0n) is 17.4. The number of H-pyrrole nitrogens is 1. The van der Waals surface area contributed by atoms with Gasteiger partial charge in [0.25, 0.3) is 5.91 Å². The molecule has 0 atom stereocenters. The Hall–Kier alpha value is -4.06. The fraction of sp³-hybridized carbons (Fsp3) is 0.120. The molecule has 0 bridgehead atoms. The van der Waals surface area contributed by atoms with E-state index in [-0.39, 0.29) is 5.91 Å². The number of hydrogen-bond acceptors (Lipinski definition) is 4. The molecule has 4 aromatic rings. The topological polar surface area (TPSA) is 75.7 Å². The van der Waals surface area contributed by atoms with Gasteiger partial charge in [0.05, 0.1) is 18.4 Å². The molecule has 1 heterocycles. The molecule has 0 fully saturated rings. The number of amides is 1. The normalized spacial score (nSPS) is 11.4. The highest BCUT2D eigenvalue weighted by molar-refractivity contribution is 6.07. The Bertz CT molecular complexity index is 1230. The lowest BCUT2D eigenvalue weighted by Gasteiger charge is -2.12. The van der Waals surface area contributed by atoms with Crippen molar-refractivity contribution in [2.45, 2.75) is 13.5 Å². The van der Waals surface area contributed by atoms with Crippen molar-refractivity contribution >= 4 is 22.5 Å². The van der Waals surface area contributed by atoms with E-state index in [1.54, 1.807) is 13.3 Å². The van der Waals surface area contributed by atoms with Gasteiger partial charge in [0.1, 0.15) is 6.61 Å². The maximum absolute atomic E-state index is 12.6. The van der Waals surface area contributed by atoms with Crippen LogP contribution < -0.4 is 14.9 Å². The van der Waals surface area contributed by atoms with Crippen molar-refractivity contribution in [3.05, 3.63) is 95.7 Å². The van der Waals surface area contributed by atoms with Gasteiger partial charge in [0.2, 0.25) is 0 Å². The van der Waals surface area contributed by atoms with Crippen molar-refractivity contribution < 1.29 is 14.3 Å². The Balaban J connectivity index is 1.46. The molecule has 6 nitrogen and oxygen atoms in total. The average molecular weight is 413 g/mol.